The van der Waals surface area contributed by atoms with Gasteiger partial charge in [-0.05, 0) is 36.8 Å². The third-order valence-electron chi connectivity index (χ3n) is 3.48. The minimum absolute atomic E-state index is 0.0834. The van der Waals surface area contributed by atoms with Crippen molar-refractivity contribution < 1.29 is 14.6 Å². The summed E-state index contributed by atoms with van der Waals surface area (Å²) in [6.07, 6.45) is 0. The van der Waals surface area contributed by atoms with Gasteiger partial charge in [-0.15, -0.1) is 0 Å². The highest BCUT2D eigenvalue weighted by atomic mass is 16.5. The Kier molecular flexibility index (Phi) is 4.10. The SMILES string of the molecule is CCOc1ccc(-c2n[nH]c(C(=O)O)c2-c2ccccc2)cc1. The van der Waals surface area contributed by atoms with E-state index in [9.17, 15) is 9.90 Å². The summed E-state index contributed by atoms with van der Waals surface area (Å²) in [4.78, 5) is 11.5. The van der Waals surface area contributed by atoms with Crippen molar-refractivity contribution in [1.82, 2.24) is 10.2 Å². The largest absolute Gasteiger partial charge is 0.494 e. The molecule has 0 aliphatic carbocycles. The van der Waals surface area contributed by atoms with Crippen molar-refractivity contribution >= 4 is 5.97 Å². The van der Waals surface area contributed by atoms with Crippen LogP contribution in [0.5, 0.6) is 5.75 Å². The smallest absolute Gasteiger partial charge is 0.354 e. The summed E-state index contributed by atoms with van der Waals surface area (Å²) < 4.78 is 5.43. The van der Waals surface area contributed by atoms with E-state index in [1.807, 2.05) is 61.5 Å². The Morgan fingerprint density at radius 3 is 2.39 bits per heavy atom. The minimum atomic E-state index is -1.03. The number of aromatic amines is 1. The number of carbonyl (C=O) groups is 1. The number of hydrogen-bond acceptors (Lipinski definition) is 3. The summed E-state index contributed by atoms with van der Waals surface area (Å²) in [6.45, 7) is 2.52. The summed E-state index contributed by atoms with van der Waals surface area (Å²) >= 11 is 0. The van der Waals surface area contributed by atoms with E-state index in [2.05, 4.69) is 10.2 Å². The number of rotatable bonds is 5. The predicted octanol–water partition coefficient (Wildman–Crippen LogP) is 3.84. The lowest BCUT2D eigenvalue weighted by Crippen LogP contribution is -1.99. The molecule has 2 N–H and O–H groups in total. The topological polar surface area (TPSA) is 75.2 Å². The summed E-state index contributed by atoms with van der Waals surface area (Å²) in [6, 6.07) is 16.8. The molecule has 0 radical (unpaired) electrons. The molecular weight excluding hydrogens is 292 g/mol. The quantitative estimate of drug-likeness (QED) is 0.751. The average Bonchev–Trinajstić information content (AvgIpc) is 3.02. The van der Waals surface area contributed by atoms with Crippen LogP contribution in [0.25, 0.3) is 22.4 Å². The molecule has 3 aromatic rings. The van der Waals surface area contributed by atoms with Gasteiger partial charge in [-0.2, -0.15) is 5.10 Å². The van der Waals surface area contributed by atoms with Gasteiger partial charge in [0.05, 0.1) is 6.61 Å². The number of nitrogens with zero attached hydrogens (tertiary/aromatic N) is 1. The van der Waals surface area contributed by atoms with Crippen LogP contribution in [0.15, 0.2) is 54.6 Å². The first-order valence-electron chi connectivity index (χ1n) is 7.31. The standard InChI is InChI=1S/C18H16N2O3/c1-2-23-14-10-8-13(9-11-14)16-15(12-6-4-3-5-7-12)17(18(21)22)20-19-16/h3-11H,2H2,1H3,(H,19,20)(H,21,22). The number of ether oxygens (including phenoxy) is 1. The summed E-state index contributed by atoms with van der Waals surface area (Å²) in [5.74, 6) is -0.264. The van der Waals surface area contributed by atoms with Crippen LogP contribution < -0.4 is 4.74 Å². The molecule has 0 fully saturated rings. The van der Waals surface area contributed by atoms with Crippen molar-refractivity contribution in [3.05, 3.63) is 60.3 Å². The molecule has 1 aromatic heterocycles. The lowest BCUT2D eigenvalue weighted by atomic mass is 9.99. The first-order chi connectivity index (χ1) is 11.2. The molecule has 2 aromatic carbocycles. The maximum Gasteiger partial charge on any atom is 0.354 e. The number of benzene rings is 2. The Morgan fingerprint density at radius 2 is 1.78 bits per heavy atom. The van der Waals surface area contributed by atoms with Crippen molar-refractivity contribution in [2.75, 3.05) is 6.61 Å². The second-order valence-electron chi connectivity index (χ2n) is 4.95. The van der Waals surface area contributed by atoms with Crippen molar-refractivity contribution in [2.45, 2.75) is 6.92 Å². The Morgan fingerprint density at radius 1 is 1.09 bits per heavy atom. The van der Waals surface area contributed by atoms with Crippen molar-refractivity contribution in [2.24, 2.45) is 0 Å². The van der Waals surface area contributed by atoms with E-state index >= 15 is 0 Å². The lowest BCUT2D eigenvalue weighted by Gasteiger charge is -2.06. The van der Waals surface area contributed by atoms with Gasteiger partial charge < -0.3 is 9.84 Å². The second-order valence-corrected chi connectivity index (χ2v) is 4.95. The number of carboxylic acid groups (broad SMARTS) is 1. The van der Waals surface area contributed by atoms with E-state index in [1.54, 1.807) is 0 Å². The van der Waals surface area contributed by atoms with Gasteiger partial charge >= 0.3 is 5.97 Å². The zero-order chi connectivity index (χ0) is 16.2. The van der Waals surface area contributed by atoms with Crippen molar-refractivity contribution in [3.8, 4) is 28.1 Å². The fraction of sp³-hybridized carbons (Fsp3) is 0.111. The maximum atomic E-state index is 11.5. The lowest BCUT2D eigenvalue weighted by molar-refractivity contribution is 0.0691. The number of aromatic nitrogens is 2. The number of aromatic carboxylic acids is 1. The summed E-state index contributed by atoms with van der Waals surface area (Å²) in [5.41, 5.74) is 2.91. The number of nitrogens with one attached hydrogen (secondary N) is 1. The fourth-order valence-electron chi connectivity index (χ4n) is 2.47. The normalized spacial score (nSPS) is 10.5. The highest BCUT2D eigenvalue weighted by molar-refractivity contribution is 5.98. The monoisotopic (exact) mass is 308 g/mol. The molecule has 0 saturated carbocycles. The molecule has 116 valence electrons. The molecule has 0 amide bonds. The summed E-state index contributed by atoms with van der Waals surface area (Å²) in [5, 5.41) is 16.3. The molecule has 0 bridgehead atoms. The fourth-order valence-corrected chi connectivity index (χ4v) is 2.47. The Bertz CT molecular complexity index is 808. The van der Waals surface area contributed by atoms with Gasteiger partial charge in [0.1, 0.15) is 11.4 Å². The van der Waals surface area contributed by atoms with Crippen molar-refractivity contribution in [1.29, 1.82) is 0 Å². The van der Waals surface area contributed by atoms with Gasteiger partial charge in [-0.1, -0.05) is 30.3 Å². The highest BCUT2D eigenvalue weighted by Crippen LogP contribution is 2.33. The molecule has 5 heteroatoms. The van der Waals surface area contributed by atoms with Gasteiger partial charge in [0.2, 0.25) is 0 Å². The molecule has 0 saturated heterocycles. The number of hydrogen-bond donors (Lipinski definition) is 2. The van der Waals surface area contributed by atoms with Crippen LogP contribution in [0.2, 0.25) is 0 Å². The number of H-pyrrole nitrogens is 1. The molecule has 3 rings (SSSR count). The van der Waals surface area contributed by atoms with Gasteiger partial charge in [0.15, 0.2) is 5.69 Å². The van der Waals surface area contributed by atoms with Crippen LogP contribution >= 0.6 is 0 Å². The van der Waals surface area contributed by atoms with Gasteiger partial charge in [0, 0.05) is 11.1 Å². The van der Waals surface area contributed by atoms with Crippen molar-refractivity contribution in [3.63, 3.8) is 0 Å². The van der Waals surface area contributed by atoms with E-state index in [0.29, 0.717) is 17.9 Å². The van der Waals surface area contributed by atoms with E-state index in [0.717, 1.165) is 16.9 Å². The van der Waals surface area contributed by atoms with Crippen LogP contribution in [0, 0.1) is 0 Å². The molecule has 5 nitrogen and oxygen atoms in total. The molecule has 0 atom stereocenters. The Balaban J connectivity index is 2.11. The first kappa shape index (κ1) is 14.8. The first-order valence-corrected chi connectivity index (χ1v) is 7.31. The van der Waals surface area contributed by atoms with Crippen LogP contribution in [-0.2, 0) is 0 Å². The second kappa shape index (κ2) is 6.36. The van der Waals surface area contributed by atoms with Crippen LogP contribution in [0.4, 0.5) is 0 Å². The van der Waals surface area contributed by atoms with Gasteiger partial charge in [0.25, 0.3) is 0 Å². The van der Waals surface area contributed by atoms with E-state index in [1.165, 1.54) is 0 Å². The minimum Gasteiger partial charge on any atom is -0.494 e. The van der Waals surface area contributed by atoms with Crippen LogP contribution in [0.1, 0.15) is 17.4 Å². The van der Waals surface area contributed by atoms with Crippen LogP contribution in [0.3, 0.4) is 0 Å². The molecule has 0 aliphatic heterocycles. The van der Waals surface area contributed by atoms with E-state index < -0.39 is 5.97 Å². The van der Waals surface area contributed by atoms with E-state index in [4.69, 9.17) is 4.74 Å². The molecular formula is C18H16N2O3. The third kappa shape index (κ3) is 2.94. The summed E-state index contributed by atoms with van der Waals surface area (Å²) in [7, 11) is 0. The third-order valence-corrected chi connectivity index (χ3v) is 3.48. The van der Waals surface area contributed by atoms with E-state index in [-0.39, 0.29) is 5.69 Å². The van der Waals surface area contributed by atoms with Crippen LogP contribution in [-0.4, -0.2) is 27.9 Å². The molecule has 23 heavy (non-hydrogen) atoms. The molecule has 0 unspecified atom stereocenters. The molecule has 1 heterocycles. The number of carboxylic acids is 1. The molecule has 0 spiro atoms. The molecule has 0 aliphatic rings. The zero-order valence-corrected chi connectivity index (χ0v) is 12.6. The Hall–Kier alpha value is -3.08. The predicted molar refractivity (Wildman–Crippen MR) is 87.6 cm³/mol. The van der Waals surface area contributed by atoms with Gasteiger partial charge in [-0.25, -0.2) is 4.79 Å². The maximum absolute atomic E-state index is 11.5. The zero-order valence-electron chi connectivity index (χ0n) is 12.6. The Labute approximate surface area is 133 Å². The van der Waals surface area contributed by atoms with Gasteiger partial charge in [-0.3, -0.25) is 5.10 Å². The average molecular weight is 308 g/mol. The highest BCUT2D eigenvalue weighted by Gasteiger charge is 2.20.